The Bertz CT molecular complexity index is 1180. The van der Waals surface area contributed by atoms with Gasteiger partial charge in [0.25, 0.3) is 5.91 Å². The van der Waals surface area contributed by atoms with Crippen molar-refractivity contribution in [1.82, 2.24) is 14.8 Å². The molecule has 3 heterocycles. The van der Waals surface area contributed by atoms with Gasteiger partial charge in [0.1, 0.15) is 10.8 Å². The van der Waals surface area contributed by atoms with Crippen LogP contribution >= 0.6 is 11.8 Å². The molecule has 1 aliphatic heterocycles. The fourth-order valence-electron chi connectivity index (χ4n) is 4.02. The Morgan fingerprint density at radius 1 is 1.06 bits per heavy atom. The lowest BCUT2D eigenvalue weighted by Crippen LogP contribution is -2.19. The average Bonchev–Trinajstić information content (AvgIpc) is 3.59. The van der Waals surface area contributed by atoms with Crippen molar-refractivity contribution in [2.45, 2.75) is 36.8 Å². The molecule has 33 heavy (non-hydrogen) atoms. The van der Waals surface area contributed by atoms with E-state index in [1.807, 2.05) is 4.68 Å². The normalized spacial score (nSPS) is 14.9. The van der Waals surface area contributed by atoms with Crippen molar-refractivity contribution in [2.24, 2.45) is 0 Å². The van der Waals surface area contributed by atoms with Gasteiger partial charge in [0.2, 0.25) is 12.7 Å². The topological polar surface area (TPSA) is 107 Å². The highest BCUT2D eigenvalue weighted by Gasteiger charge is 2.22. The van der Waals surface area contributed by atoms with Crippen molar-refractivity contribution < 1.29 is 19.1 Å². The minimum atomic E-state index is -0.276. The fourth-order valence-corrected chi connectivity index (χ4v) is 4.81. The molecular weight excluding hydrogens is 442 g/mol. The standard InChI is InChI=1S/C23H23N5O4S/c29-21(26-15-7-8-18-19(12-15)32-14-31-18)13-33-23-17(6-3-10-24-23)22(30)27-20-9-11-25-28(20)16-4-1-2-5-16/h3,6-12,16H,1-2,4-5,13-14H2,(H,26,29)(H,27,30). The molecule has 3 aromatic rings. The number of aromatic nitrogens is 3. The molecule has 1 saturated carbocycles. The molecule has 9 nitrogen and oxygen atoms in total. The number of carbonyl (C=O) groups excluding carboxylic acids is 2. The van der Waals surface area contributed by atoms with Gasteiger partial charge in [0, 0.05) is 24.0 Å². The first-order chi connectivity index (χ1) is 16.2. The van der Waals surface area contributed by atoms with Crippen LogP contribution < -0.4 is 20.1 Å². The number of benzene rings is 1. The van der Waals surface area contributed by atoms with Crippen LogP contribution in [0.25, 0.3) is 0 Å². The first kappa shape index (κ1) is 21.3. The van der Waals surface area contributed by atoms with Gasteiger partial charge in [-0.15, -0.1) is 0 Å². The second kappa shape index (κ2) is 9.53. The number of nitrogens with one attached hydrogen (secondary N) is 2. The van der Waals surface area contributed by atoms with Crippen LogP contribution in [0.2, 0.25) is 0 Å². The van der Waals surface area contributed by atoms with E-state index in [0.29, 0.717) is 39.6 Å². The number of hydrogen-bond acceptors (Lipinski definition) is 7. The van der Waals surface area contributed by atoms with Crippen LogP contribution in [0.3, 0.4) is 0 Å². The quantitative estimate of drug-likeness (QED) is 0.506. The van der Waals surface area contributed by atoms with Crippen LogP contribution in [0.1, 0.15) is 42.1 Å². The van der Waals surface area contributed by atoms with Gasteiger partial charge in [0.15, 0.2) is 11.5 Å². The van der Waals surface area contributed by atoms with E-state index in [2.05, 4.69) is 20.7 Å². The zero-order chi connectivity index (χ0) is 22.6. The molecule has 0 spiro atoms. The molecule has 2 N–H and O–H groups in total. The van der Waals surface area contributed by atoms with Gasteiger partial charge >= 0.3 is 0 Å². The minimum Gasteiger partial charge on any atom is -0.454 e. The molecule has 1 aliphatic carbocycles. The molecule has 170 valence electrons. The molecule has 5 rings (SSSR count). The first-order valence-corrected chi connectivity index (χ1v) is 11.8. The number of anilines is 2. The Kier molecular flexibility index (Phi) is 6.16. The first-order valence-electron chi connectivity index (χ1n) is 10.8. The highest BCUT2D eigenvalue weighted by molar-refractivity contribution is 8.00. The Morgan fingerprint density at radius 2 is 1.91 bits per heavy atom. The van der Waals surface area contributed by atoms with Crippen LogP contribution in [0, 0.1) is 0 Å². The van der Waals surface area contributed by atoms with Gasteiger partial charge in [-0.3, -0.25) is 9.59 Å². The molecule has 0 saturated heterocycles. The number of nitrogens with zero attached hydrogens (tertiary/aromatic N) is 3. The predicted octanol–water partition coefficient (Wildman–Crippen LogP) is 4.11. The van der Waals surface area contributed by atoms with E-state index in [0.717, 1.165) is 12.8 Å². The van der Waals surface area contributed by atoms with E-state index >= 15 is 0 Å². The lowest BCUT2D eigenvalue weighted by molar-refractivity contribution is -0.113. The average molecular weight is 466 g/mol. The van der Waals surface area contributed by atoms with E-state index < -0.39 is 0 Å². The summed E-state index contributed by atoms with van der Waals surface area (Å²) in [5.41, 5.74) is 1.03. The third kappa shape index (κ3) is 4.80. The number of hydrogen-bond donors (Lipinski definition) is 2. The van der Waals surface area contributed by atoms with Crippen LogP contribution in [-0.4, -0.2) is 39.1 Å². The molecule has 10 heteroatoms. The Labute approximate surface area is 194 Å². The molecule has 0 bridgehead atoms. The van der Waals surface area contributed by atoms with Gasteiger partial charge < -0.3 is 20.1 Å². The summed E-state index contributed by atoms with van der Waals surface area (Å²) in [6.07, 6.45) is 7.80. The molecule has 0 atom stereocenters. The smallest absolute Gasteiger partial charge is 0.259 e. The van der Waals surface area contributed by atoms with E-state index in [-0.39, 0.29) is 24.4 Å². The van der Waals surface area contributed by atoms with Crippen LogP contribution in [0.5, 0.6) is 11.5 Å². The summed E-state index contributed by atoms with van der Waals surface area (Å²) in [5, 5.41) is 10.7. The number of carbonyl (C=O) groups is 2. The lowest BCUT2D eigenvalue weighted by atomic mass is 10.2. The molecule has 2 aliphatic rings. The van der Waals surface area contributed by atoms with E-state index in [4.69, 9.17) is 9.47 Å². The second-order valence-corrected chi connectivity index (χ2v) is 8.78. The van der Waals surface area contributed by atoms with Crippen LogP contribution in [-0.2, 0) is 4.79 Å². The summed E-state index contributed by atoms with van der Waals surface area (Å²) in [6.45, 7) is 0.175. The summed E-state index contributed by atoms with van der Waals surface area (Å²) >= 11 is 1.21. The number of amides is 2. The molecule has 0 unspecified atom stereocenters. The largest absolute Gasteiger partial charge is 0.454 e. The Morgan fingerprint density at radius 3 is 2.79 bits per heavy atom. The maximum Gasteiger partial charge on any atom is 0.259 e. The zero-order valence-electron chi connectivity index (χ0n) is 17.8. The summed E-state index contributed by atoms with van der Waals surface area (Å²) in [7, 11) is 0. The third-order valence-corrected chi connectivity index (χ3v) is 6.60. The molecule has 1 fully saturated rings. The van der Waals surface area contributed by atoms with Crippen molar-refractivity contribution >= 4 is 35.1 Å². The number of ether oxygens (including phenoxy) is 2. The van der Waals surface area contributed by atoms with Gasteiger partial charge in [-0.05, 0) is 37.1 Å². The maximum atomic E-state index is 13.0. The highest BCUT2D eigenvalue weighted by Crippen LogP contribution is 2.34. The SMILES string of the molecule is O=C(CSc1ncccc1C(=O)Nc1ccnn1C1CCCC1)Nc1ccc2c(c1)OCO2. The summed E-state index contributed by atoms with van der Waals surface area (Å²) in [5.74, 6) is 1.54. The van der Waals surface area contributed by atoms with Crippen molar-refractivity contribution in [2.75, 3.05) is 23.2 Å². The lowest BCUT2D eigenvalue weighted by Gasteiger charge is -2.15. The summed E-state index contributed by atoms with van der Waals surface area (Å²) < 4.78 is 12.5. The van der Waals surface area contributed by atoms with E-state index in [9.17, 15) is 9.59 Å². The van der Waals surface area contributed by atoms with Crippen molar-refractivity contribution in [3.8, 4) is 11.5 Å². The van der Waals surface area contributed by atoms with Crippen molar-refractivity contribution in [3.05, 3.63) is 54.4 Å². The van der Waals surface area contributed by atoms with Gasteiger partial charge in [-0.2, -0.15) is 5.10 Å². The zero-order valence-corrected chi connectivity index (χ0v) is 18.6. The monoisotopic (exact) mass is 465 g/mol. The Hall–Kier alpha value is -3.53. The predicted molar refractivity (Wildman–Crippen MR) is 124 cm³/mol. The highest BCUT2D eigenvalue weighted by atomic mass is 32.2. The van der Waals surface area contributed by atoms with Gasteiger partial charge in [0.05, 0.1) is 23.6 Å². The molecular formula is C23H23N5O4S. The molecule has 2 amide bonds. The molecule has 0 radical (unpaired) electrons. The van der Waals surface area contributed by atoms with Crippen molar-refractivity contribution in [1.29, 1.82) is 0 Å². The third-order valence-electron chi connectivity index (χ3n) is 5.59. The molecule has 2 aromatic heterocycles. The molecule has 1 aromatic carbocycles. The number of pyridine rings is 1. The van der Waals surface area contributed by atoms with Gasteiger partial charge in [-0.25, -0.2) is 9.67 Å². The Balaban J connectivity index is 1.22. The van der Waals surface area contributed by atoms with Crippen LogP contribution in [0.4, 0.5) is 11.5 Å². The summed E-state index contributed by atoms with van der Waals surface area (Å²) in [4.78, 5) is 29.8. The van der Waals surface area contributed by atoms with E-state index in [1.165, 1.54) is 24.6 Å². The van der Waals surface area contributed by atoms with Gasteiger partial charge in [-0.1, -0.05) is 24.6 Å². The summed E-state index contributed by atoms with van der Waals surface area (Å²) in [6, 6.07) is 10.8. The number of rotatable bonds is 7. The van der Waals surface area contributed by atoms with E-state index in [1.54, 1.807) is 48.8 Å². The fraction of sp³-hybridized carbons (Fsp3) is 0.304. The van der Waals surface area contributed by atoms with Crippen molar-refractivity contribution in [3.63, 3.8) is 0 Å². The van der Waals surface area contributed by atoms with Crippen LogP contribution in [0.15, 0.2) is 53.8 Å². The second-order valence-electron chi connectivity index (χ2n) is 7.81. The number of thioether (sulfide) groups is 1. The minimum absolute atomic E-state index is 0.103. The number of fused-ring (bicyclic) bond motifs is 1. The maximum absolute atomic E-state index is 13.0.